The van der Waals surface area contributed by atoms with Crippen LogP contribution in [0.25, 0.3) is 121 Å². The number of nitrogens with zero attached hydrogens (tertiary/aromatic N) is 6. The fraction of sp³-hybridized carbons (Fsp3) is 0.0164. The van der Waals surface area contributed by atoms with E-state index < -0.39 is 11.7 Å². The number of benzene rings is 8. The third kappa shape index (κ3) is 6.96. The maximum atomic E-state index is 15.2. The van der Waals surface area contributed by atoms with Gasteiger partial charge in [0.2, 0.25) is 0 Å². The third-order valence-corrected chi connectivity index (χ3v) is 13.1. The highest BCUT2D eigenvalue weighted by Crippen LogP contribution is 2.49. The van der Waals surface area contributed by atoms with Gasteiger partial charge in [-0.2, -0.15) is 13.2 Å². The van der Waals surface area contributed by atoms with Crippen molar-refractivity contribution < 1.29 is 13.2 Å². The average Bonchev–Trinajstić information content (AvgIpc) is 3.92. The fourth-order valence-electron chi connectivity index (χ4n) is 9.94. The Morgan fingerprint density at radius 1 is 0.386 bits per heavy atom. The molecule has 0 saturated heterocycles. The van der Waals surface area contributed by atoms with Gasteiger partial charge in [-0.15, -0.1) is 0 Å². The van der Waals surface area contributed by atoms with Crippen LogP contribution in [0.4, 0.5) is 24.5 Å². The second kappa shape index (κ2) is 16.6. The molecule has 0 saturated carbocycles. The van der Waals surface area contributed by atoms with Crippen molar-refractivity contribution in [3.8, 4) is 67.3 Å². The molecule has 0 aliphatic carbocycles. The number of para-hydroxylation sites is 2. The number of alkyl halides is 3. The second-order valence-electron chi connectivity index (χ2n) is 17.0. The molecule has 0 amide bonds. The lowest BCUT2D eigenvalue weighted by Crippen LogP contribution is -2.08. The van der Waals surface area contributed by atoms with E-state index in [1.807, 2.05) is 115 Å². The number of aromatic nitrogens is 4. The van der Waals surface area contributed by atoms with Gasteiger partial charge in [0.1, 0.15) is 0 Å². The van der Waals surface area contributed by atoms with E-state index in [1.54, 1.807) is 24.5 Å². The zero-order valence-corrected chi connectivity index (χ0v) is 37.0. The molecule has 70 heavy (non-hydrogen) atoms. The highest BCUT2D eigenvalue weighted by molar-refractivity contribution is 6.13. The normalized spacial score (nSPS) is 11.6. The molecular formula is C61H35F3N6. The number of halogens is 3. The fourth-order valence-corrected chi connectivity index (χ4v) is 9.94. The standard InChI is InChI=1S/C61H35F3N6/c1-65-50-21-13-20-49(61(62,63)64)60(50)48-36-58(69-54-22-11-9-18-44(54)46-26-24-40(34-56(46)69)42-28-30-67-51(32-42)38-14-5-3-6-15-38)59(37-53(48)66-2)70-55-23-12-10-19-45(55)47-27-25-41(35-57(47)70)43-29-31-68-52(33-43)39-16-7-4-8-17-39/h3-37H. The number of hydrogen-bond acceptors (Lipinski definition) is 2. The summed E-state index contributed by atoms with van der Waals surface area (Å²) in [5, 5.41) is 3.76. The van der Waals surface area contributed by atoms with Crippen molar-refractivity contribution in [2.75, 3.05) is 0 Å². The van der Waals surface area contributed by atoms with Crippen LogP contribution in [0.2, 0.25) is 0 Å². The molecule has 0 atom stereocenters. The minimum absolute atomic E-state index is 0.00285. The molecule has 4 aromatic heterocycles. The van der Waals surface area contributed by atoms with Gasteiger partial charge in [-0.25, -0.2) is 9.69 Å². The quantitative estimate of drug-likeness (QED) is 0.150. The Bertz CT molecular complexity index is 4140. The Hall–Kier alpha value is -9.57. The largest absolute Gasteiger partial charge is 0.415 e. The smallest absolute Gasteiger partial charge is 0.308 e. The van der Waals surface area contributed by atoms with E-state index in [9.17, 15) is 0 Å². The van der Waals surface area contributed by atoms with Crippen LogP contribution in [0.15, 0.2) is 213 Å². The van der Waals surface area contributed by atoms with Crippen molar-refractivity contribution in [1.82, 2.24) is 19.1 Å². The molecule has 12 rings (SSSR count). The van der Waals surface area contributed by atoms with Gasteiger partial charge in [0.05, 0.1) is 63.5 Å². The van der Waals surface area contributed by atoms with Crippen molar-refractivity contribution in [3.63, 3.8) is 0 Å². The van der Waals surface area contributed by atoms with E-state index in [0.717, 1.165) is 94.4 Å². The summed E-state index contributed by atoms with van der Waals surface area (Å²) in [6.45, 7) is 16.7. The van der Waals surface area contributed by atoms with Gasteiger partial charge in [-0.1, -0.05) is 140 Å². The lowest BCUT2D eigenvalue weighted by atomic mass is 9.94. The van der Waals surface area contributed by atoms with Crippen LogP contribution in [-0.4, -0.2) is 19.1 Å². The number of pyridine rings is 2. The summed E-state index contributed by atoms with van der Waals surface area (Å²) < 4.78 is 49.7. The van der Waals surface area contributed by atoms with Crippen molar-refractivity contribution in [2.24, 2.45) is 0 Å². The van der Waals surface area contributed by atoms with Gasteiger partial charge in [-0.3, -0.25) is 9.97 Å². The summed E-state index contributed by atoms with van der Waals surface area (Å²) >= 11 is 0. The molecule has 0 spiro atoms. The lowest BCUT2D eigenvalue weighted by Gasteiger charge is -2.22. The molecule has 330 valence electrons. The van der Waals surface area contributed by atoms with Crippen LogP contribution in [0.5, 0.6) is 0 Å². The molecule has 0 unspecified atom stereocenters. The Morgan fingerprint density at radius 2 is 0.843 bits per heavy atom. The van der Waals surface area contributed by atoms with E-state index in [-0.39, 0.29) is 22.5 Å². The first-order chi connectivity index (χ1) is 34.3. The maximum absolute atomic E-state index is 15.2. The molecule has 0 aliphatic rings. The molecule has 8 aromatic carbocycles. The van der Waals surface area contributed by atoms with Crippen LogP contribution < -0.4 is 0 Å². The topological polar surface area (TPSA) is 44.4 Å². The van der Waals surface area contributed by atoms with Crippen molar-refractivity contribution in [2.45, 2.75) is 6.18 Å². The Kier molecular flexibility index (Phi) is 9.94. The molecule has 9 heteroatoms. The number of fused-ring (bicyclic) bond motifs is 6. The van der Waals surface area contributed by atoms with Crippen molar-refractivity contribution in [3.05, 3.63) is 241 Å². The molecule has 6 nitrogen and oxygen atoms in total. The van der Waals surface area contributed by atoms with Gasteiger partial charge < -0.3 is 9.13 Å². The monoisotopic (exact) mass is 908 g/mol. The number of hydrogen-bond donors (Lipinski definition) is 0. The summed E-state index contributed by atoms with van der Waals surface area (Å²) in [7, 11) is 0. The highest BCUT2D eigenvalue weighted by atomic mass is 19.4. The first-order valence-electron chi connectivity index (χ1n) is 22.5. The van der Waals surface area contributed by atoms with Crippen LogP contribution >= 0.6 is 0 Å². The molecule has 0 fully saturated rings. The van der Waals surface area contributed by atoms with Gasteiger partial charge >= 0.3 is 6.18 Å². The summed E-state index contributed by atoms with van der Waals surface area (Å²) in [6, 6.07) is 63.6. The predicted octanol–water partition coefficient (Wildman–Crippen LogP) is 17.1. The van der Waals surface area contributed by atoms with Crippen LogP contribution in [-0.2, 0) is 6.18 Å². The first kappa shape index (κ1) is 41.8. The summed E-state index contributed by atoms with van der Waals surface area (Å²) in [4.78, 5) is 16.9. The molecule has 0 radical (unpaired) electrons. The van der Waals surface area contributed by atoms with Crippen LogP contribution in [0, 0.1) is 13.1 Å². The lowest BCUT2D eigenvalue weighted by molar-refractivity contribution is -0.137. The Balaban J connectivity index is 1.19. The summed E-state index contributed by atoms with van der Waals surface area (Å²) in [6.07, 6.45) is -1.23. The zero-order chi connectivity index (χ0) is 47.5. The molecule has 4 heterocycles. The zero-order valence-electron chi connectivity index (χ0n) is 37.0. The van der Waals surface area contributed by atoms with Gasteiger partial charge in [0.15, 0.2) is 11.4 Å². The second-order valence-corrected chi connectivity index (χ2v) is 17.0. The van der Waals surface area contributed by atoms with E-state index in [4.69, 9.17) is 13.1 Å². The van der Waals surface area contributed by atoms with Gasteiger partial charge in [0, 0.05) is 45.1 Å². The predicted molar refractivity (Wildman–Crippen MR) is 275 cm³/mol. The molecule has 12 aromatic rings. The van der Waals surface area contributed by atoms with Crippen LogP contribution in [0.1, 0.15) is 5.56 Å². The van der Waals surface area contributed by atoms with E-state index >= 15 is 13.2 Å². The SMILES string of the molecule is [C-]#[N+]c1cc(-n2c3ccccc3c3ccc(-c4ccnc(-c5ccccc5)c4)cc32)c(-n2c3ccccc3c3ccc(-c4ccnc(-c5ccccc5)c4)cc32)cc1-c1c([N+]#[C-])cccc1C(F)(F)F. The maximum Gasteiger partial charge on any atom is 0.415 e. The molecule has 0 aliphatic heterocycles. The van der Waals surface area contributed by atoms with Crippen molar-refractivity contribution >= 4 is 55.0 Å². The van der Waals surface area contributed by atoms with Crippen molar-refractivity contribution in [1.29, 1.82) is 0 Å². The minimum Gasteiger partial charge on any atom is -0.308 e. The van der Waals surface area contributed by atoms with E-state index in [0.29, 0.717) is 11.4 Å². The van der Waals surface area contributed by atoms with E-state index in [1.165, 1.54) is 12.1 Å². The van der Waals surface area contributed by atoms with Gasteiger partial charge in [0.25, 0.3) is 0 Å². The molecule has 0 bridgehead atoms. The summed E-state index contributed by atoms with van der Waals surface area (Å²) in [5.74, 6) is 0. The third-order valence-electron chi connectivity index (χ3n) is 13.1. The highest BCUT2D eigenvalue weighted by Gasteiger charge is 2.36. The Morgan fingerprint density at radius 3 is 1.34 bits per heavy atom. The minimum atomic E-state index is -4.82. The van der Waals surface area contributed by atoms with Gasteiger partial charge in [-0.05, 0) is 94.0 Å². The number of rotatable bonds is 7. The summed E-state index contributed by atoms with van der Waals surface area (Å²) in [5.41, 5.74) is 10.1. The Labute approximate surface area is 400 Å². The van der Waals surface area contributed by atoms with E-state index in [2.05, 4.69) is 83.4 Å². The molecule has 0 N–H and O–H groups in total. The molecular weight excluding hydrogens is 874 g/mol. The average molecular weight is 909 g/mol. The first-order valence-corrected chi connectivity index (χ1v) is 22.5. The van der Waals surface area contributed by atoms with Crippen LogP contribution in [0.3, 0.4) is 0 Å².